The Balaban J connectivity index is 2.74. The summed E-state index contributed by atoms with van der Waals surface area (Å²) in [5.41, 5.74) is 9.03. The SMILES string of the molecule is Cc1cccc(OC(=O)C=[N+]=[N-])c1. The number of nitrogens with zero attached hydrogens (tertiary/aromatic N) is 2. The van der Waals surface area contributed by atoms with E-state index in [1.165, 1.54) is 0 Å². The Morgan fingerprint density at radius 3 is 3.00 bits per heavy atom. The first kappa shape index (κ1) is 9.16. The third-order valence-electron chi connectivity index (χ3n) is 1.37. The Morgan fingerprint density at radius 2 is 2.38 bits per heavy atom. The van der Waals surface area contributed by atoms with Gasteiger partial charge in [0.1, 0.15) is 5.75 Å². The largest absolute Gasteiger partial charge is 0.419 e. The van der Waals surface area contributed by atoms with Crippen LogP contribution in [-0.2, 0) is 4.79 Å². The quantitative estimate of drug-likeness (QED) is 0.223. The van der Waals surface area contributed by atoms with Crippen molar-refractivity contribution >= 4 is 12.2 Å². The maximum Gasteiger partial charge on any atom is 0.419 e. The van der Waals surface area contributed by atoms with Crippen LogP contribution in [0.5, 0.6) is 5.75 Å². The highest BCUT2D eigenvalue weighted by molar-refractivity contribution is 6.21. The third kappa shape index (κ3) is 2.89. The van der Waals surface area contributed by atoms with E-state index in [1.807, 2.05) is 13.0 Å². The Kier molecular flexibility index (Phi) is 2.95. The lowest BCUT2D eigenvalue weighted by atomic mass is 10.2. The fourth-order valence-corrected chi connectivity index (χ4v) is 0.868. The number of carbonyl (C=O) groups is 1. The number of hydrogen-bond acceptors (Lipinski definition) is 2. The minimum Gasteiger partial charge on any atom is -0.418 e. The average molecular weight is 176 g/mol. The predicted molar refractivity (Wildman–Crippen MR) is 46.5 cm³/mol. The molecule has 0 saturated heterocycles. The molecule has 13 heavy (non-hydrogen) atoms. The smallest absolute Gasteiger partial charge is 0.418 e. The molecule has 0 aromatic heterocycles. The van der Waals surface area contributed by atoms with Gasteiger partial charge in [0.05, 0.1) is 0 Å². The van der Waals surface area contributed by atoms with Crippen molar-refractivity contribution in [2.75, 3.05) is 0 Å². The van der Waals surface area contributed by atoms with Crippen molar-refractivity contribution in [2.45, 2.75) is 6.92 Å². The van der Waals surface area contributed by atoms with Crippen LogP contribution in [0.2, 0.25) is 0 Å². The van der Waals surface area contributed by atoms with Gasteiger partial charge in [-0.05, 0) is 24.6 Å². The fraction of sp³-hybridized carbons (Fsp3) is 0.111. The van der Waals surface area contributed by atoms with Gasteiger partial charge < -0.3 is 10.3 Å². The summed E-state index contributed by atoms with van der Waals surface area (Å²) in [5, 5.41) is 0. The number of aryl methyl sites for hydroxylation is 1. The number of rotatable bonds is 2. The highest BCUT2D eigenvalue weighted by atomic mass is 16.5. The van der Waals surface area contributed by atoms with Crippen LogP contribution in [0.1, 0.15) is 5.56 Å². The summed E-state index contributed by atoms with van der Waals surface area (Å²) in [6.07, 6.45) is 0.697. The second-order valence-electron chi connectivity index (χ2n) is 2.48. The molecule has 0 bridgehead atoms. The molecular formula is C9H8N2O2. The molecule has 1 aromatic rings. The van der Waals surface area contributed by atoms with Crippen LogP contribution in [0, 0.1) is 6.92 Å². The van der Waals surface area contributed by atoms with E-state index >= 15 is 0 Å². The summed E-state index contributed by atoms with van der Waals surface area (Å²) >= 11 is 0. The van der Waals surface area contributed by atoms with E-state index in [9.17, 15) is 4.79 Å². The van der Waals surface area contributed by atoms with Crippen molar-refractivity contribution in [1.29, 1.82) is 0 Å². The van der Waals surface area contributed by atoms with E-state index in [2.05, 4.69) is 4.79 Å². The molecule has 4 heteroatoms. The predicted octanol–water partition coefficient (Wildman–Crippen LogP) is 1.20. The van der Waals surface area contributed by atoms with Gasteiger partial charge in [-0.15, -0.1) is 0 Å². The first-order valence-corrected chi connectivity index (χ1v) is 3.68. The maximum atomic E-state index is 10.8. The molecule has 4 nitrogen and oxygen atoms in total. The molecule has 0 spiro atoms. The standard InChI is InChI=1S/C9H8N2O2/c1-7-3-2-4-8(5-7)13-9(12)6-11-10/h2-6H,1H3. The Labute approximate surface area is 75.4 Å². The van der Waals surface area contributed by atoms with Crippen molar-refractivity contribution in [2.24, 2.45) is 0 Å². The minimum absolute atomic E-state index is 0.435. The lowest BCUT2D eigenvalue weighted by molar-refractivity contribution is -0.130. The van der Waals surface area contributed by atoms with E-state index in [0.717, 1.165) is 5.56 Å². The molecular weight excluding hydrogens is 168 g/mol. The number of benzene rings is 1. The van der Waals surface area contributed by atoms with Crippen LogP contribution in [0.25, 0.3) is 5.53 Å². The van der Waals surface area contributed by atoms with Crippen LogP contribution in [0.3, 0.4) is 0 Å². The molecule has 0 fully saturated rings. The van der Waals surface area contributed by atoms with Crippen molar-refractivity contribution in [3.8, 4) is 5.75 Å². The van der Waals surface area contributed by atoms with Gasteiger partial charge in [0.2, 0.25) is 0 Å². The highest BCUT2D eigenvalue weighted by Crippen LogP contribution is 2.11. The van der Waals surface area contributed by atoms with E-state index in [1.54, 1.807) is 18.2 Å². The van der Waals surface area contributed by atoms with Gasteiger partial charge in [-0.1, -0.05) is 12.1 Å². The molecule has 0 atom stereocenters. The molecule has 0 radical (unpaired) electrons. The Bertz CT molecular complexity index is 368. The maximum absolute atomic E-state index is 10.8. The lowest BCUT2D eigenvalue weighted by Crippen LogP contribution is -2.09. The van der Waals surface area contributed by atoms with Crippen molar-refractivity contribution < 1.29 is 14.3 Å². The van der Waals surface area contributed by atoms with Crippen LogP contribution in [0.4, 0.5) is 0 Å². The number of esters is 1. The van der Waals surface area contributed by atoms with E-state index in [4.69, 9.17) is 10.3 Å². The van der Waals surface area contributed by atoms with Gasteiger partial charge in [0.25, 0.3) is 0 Å². The lowest BCUT2D eigenvalue weighted by Gasteiger charge is -1.98. The first-order chi connectivity index (χ1) is 6.22. The molecule has 0 heterocycles. The fourth-order valence-electron chi connectivity index (χ4n) is 0.868. The Morgan fingerprint density at radius 1 is 1.62 bits per heavy atom. The molecule has 0 N–H and O–H groups in total. The van der Waals surface area contributed by atoms with E-state index < -0.39 is 5.97 Å². The van der Waals surface area contributed by atoms with Gasteiger partial charge in [0.15, 0.2) is 0 Å². The molecule has 0 unspecified atom stereocenters. The van der Waals surface area contributed by atoms with Gasteiger partial charge in [-0.3, -0.25) is 0 Å². The van der Waals surface area contributed by atoms with Crippen LogP contribution < -0.4 is 4.74 Å². The zero-order chi connectivity index (χ0) is 9.68. The number of ether oxygens (including phenoxy) is 1. The van der Waals surface area contributed by atoms with Crippen LogP contribution >= 0.6 is 0 Å². The molecule has 0 aliphatic rings. The Hall–Kier alpha value is -1.93. The van der Waals surface area contributed by atoms with Crippen LogP contribution in [-0.4, -0.2) is 17.0 Å². The van der Waals surface area contributed by atoms with Crippen molar-refractivity contribution in [3.05, 3.63) is 35.4 Å². The molecule has 1 rings (SSSR count). The molecule has 0 aliphatic carbocycles. The molecule has 0 aliphatic heterocycles. The molecule has 1 aromatic carbocycles. The summed E-state index contributed by atoms with van der Waals surface area (Å²) in [7, 11) is 0. The van der Waals surface area contributed by atoms with Gasteiger partial charge >= 0.3 is 12.2 Å². The van der Waals surface area contributed by atoms with Crippen molar-refractivity contribution in [1.82, 2.24) is 0 Å². The topological polar surface area (TPSA) is 62.7 Å². The third-order valence-corrected chi connectivity index (χ3v) is 1.37. The van der Waals surface area contributed by atoms with E-state index in [-0.39, 0.29) is 0 Å². The number of carbonyl (C=O) groups excluding carboxylic acids is 1. The summed E-state index contributed by atoms with van der Waals surface area (Å²) in [6, 6.07) is 7.02. The second-order valence-corrected chi connectivity index (χ2v) is 2.48. The summed E-state index contributed by atoms with van der Waals surface area (Å²) in [5.74, 6) is -0.266. The van der Waals surface area contributed by atoms with E-state index in [0.29, 0.717) is 12.0 Å². The van der Waals surface area contributed by atoms with Gasteiger partial charge in [-0.25, -0.2) is 4.79 Å². The molecule has 66 valence electrons. The minimum atomic E-state index is -0.701. The number of hydrogen-bond donors (Lipinski definition) is 0. The van der Waals surface area contributed by atoms with Gasteiger partial charge in [0, 0.05) is 0 Å². The normalized spacial score (nSPS) is 8.69. The molecule has 0 saturated carbocycles. The van der Waals surface area contributed by atoms with Gasteiger partial charge in [-0.2, -0.15) is 4.79 Å². The first-order valence-electron chi connectivity index (χ1n) is 3.68. The summed E-state index contributed by atoms with van der Waals surface area (Å²) in [4.78, 5) is 13.3. The highest BCUT2D eigenvalue weighted by Gasteiger charge is 2.04. The summed E-state index contributed by atoms with van der Waals surface area (Å²) in [6.45, 7) is 1.89. The van der Waals surface area contributed by atoms with Crippen molar-refractivity contribution in [3.63, 3.8) is 0 Å². The summed E-state index contributed by atoms with van der Waals surface area (Å²) < 4.78 is 4.79. The molecule has 0 amide bonds. The zero-order valence-electron chi connectivity index (χ0n) is 7.10. The second kappa shape index (κ2) is 4.18. The average Bonchev–Trinajstić information content (AvgIpc) is 2.04. The zero-order valence-corrected chi connectivity index (χ0v) is 7.10. The monoisotopic (exact) mass is 176 g/mol. The van der Waals surface area contributed by atoms with Crippen LogP contribution in [0.15, 0.2) is 24.3 Å².